The number of amides is 1. The molecule has 1 amide bonds. The molecule has 0 spiro atoms. The van der Waals surface area contributed by atoms with Gasteiger partial charge in [0, 0.05) is 18.7 Å². The molecule has 0 saturated carbocycles. The molecule has 1 heterocycles. The molecule has 1 aromatic heterocycles. The standard InChI is InChI=1S/C21H23N3O4S/c1-4-24-16-10-6-5-9-15(16)23-20(21(24)26)29-13-18(25)22-12-14-8-7-11-17(27-2)19(14)28-3/h5-11H,4,12-13H2,1-3H3,(H,22,25). The number of aryl methyl sites for hydroxylation is 1. The lowest BCUT2D eigenvalue weighted by atomic mass is 10.2. The fraction of sp³-hybridized carbons (Fsp3) is 0.286. The van der Waals surface area contributed by atoms with Crippen LogP contribution < -0.4 is 20.3 Å². The van der Waals surface area contributed by atoms with Gasteiger partial charge in [0.1, 0.15) is 0 Å². The van der Waals surface area contributed by atoms with E-state index < -0.39 is 0 Å². The first-order valence-corrected chi connectivity index (χ1v) is 10.2. The molecule has 8 heteroatoms. The van der Waals surface area contributed by atoms with Crippen molar-refractivity contribution in [2.75, 3.05) is 20.0 Å². The number of carbonyl (C=O) groups is 1. The van der Waals surface area contributed by atoms with Crippen molar-refractivity contribution in [1.82, 2.24) is 14.9 Å². The highest BCUT2D eigenvalue weighted by molar-refractivity contribution is 7.99. The Morgan fingerprint density at radius 1 is 1.14 bits per heavy atom. The average Bonchev–Trinajstić information content (AvgIpc) is 2.75. The molecule has 3 rings (SSSR count). The summed E-state index contributed by atoms with van der Waals surface area (Å²) in [6, 6.07) is 13.0. The molecule has 7 nitrogen and oxygen atoms in total. The molecule has 0 radical (unpaired) electrons. The number of hydrogen-bond acceptors (Lipinski definition) is 6. The number of nitrogens with zero attached hydrogens (tertiary/aromatic N) is 2. The molecule has 0 aliphatic heterocycles. The molecule has 0 saturated heterocycles. The summed E-state index contributed by atoms with van der Waals surface area (Å²) in [5, 5.41) is 3.17. The van der Waals surface area contributed by atoms with Gasteiger partial charge in [-0.25, -0.2) is 4.98 Å². The van der Waals surface area contributed by atoms with Gasteiger partial charge in [0.15, 0.2) is 16.5 Å². The lowest BCUT2D eigenvalue weighted by Gasteiger charge is -2.13. The van der Waals surface area contributed by atoms with Crippen molar-refractivity contribution in [3.63, 3.8) is 0 Å². The van der Waals surface area contributed by atoms with Crippen LogP contribution in [0.25, 0.3) is 11.0 Å². The first kappa shape index (κ1) is 20.7. The van der Waals surface area contributed by atoms with Gasteiger partial charge in [-0.2, -0.15) is 0 Å². The molecular formula is C21H23N3O4S. The second kappa shape index (κ2) is 9.47. The van der Waals surface area contributed by atoms with E-state index in [4.69, 9.17) is 9.47 Å². The molecule has 3 aromatic rings. The van der Waals surface area contributed by atoms with Crippen LogP contribution >= 0.6 is 11.8 Å². The second-order valence-electron chi connectivity index (χ2n) is 6.17. The van der Waals surface area contributed by atoms with Gasteiger partial charge in [-0.3, -0.25) is 9.59 Å². The van der Waals surface area contributed by atoms with E-state index >= 15 is 0 Å². The largest absolute Gasteiger partial charge is 0.493 e. The van der Waals surface area contributed by atoms with Crippen LogP contribution in [0.15, 0.2) is 52.3 Å². The number of rotatable bonds is 8. The van der Waals surface area contributed by atoms with Crippen LogP contribution in [0.1, 0.15) is 12.5 Å². The monoisotopic (exact) mass is 413 g/mol. The van der Waals surface area contributed by atoms with E-state index in [0.717, 1.165) is 28.4 Å². The third-order valence-electron chi connectivity index (χ3n) is 4.44. The highest BCUT2D eigenvalue weighted by Gasteiger charge is 2.14. The third-order valence-corrected chi connectivity index (χ3v) is 5.39. The topological polar surface area (TPSA) is 82.5 Å². The van der Waals surface area contributed by atoms with Gasteiger partial charge in [0.25, 0.3) is 5.56 Å². The quantitative estimate of drug-likeness (QED) is 0.572. The fourth-order valence-corrected chi connectivity index (χ4v) is 3.82. The number of methoxy groups -OCH3 is 2. The maximum atomic E-state index is 12.7. The molecule has 0 bridgehead atoms. The van der Waals surface area contributed by atoms with Gasteiger partial charge in [-0.15, -0.1) is 0 Å². The normalized spacial score (nSPS) is 10.7. The second-order valence-corrected chi connectivity index (χ2v) is 7.14. The third kappa shape index (κ3) is 4.54. The van der Waals surface area contributed by atoms with E-state index in [1.165, 1.54) is 0 Å². The van der Waals surface area contributed by atoms with Crippen LogP contribution in [0, 0.1) is 0 Å². The van der Waals surface area contributed by atoms with Crippen molar-refractivity contribution < 1.29 is 14.3 Å². The van der Waals surface area contributed by atoms with Gasteiger partial charge < -0.3 is 19.4 Å². The van der Waals surface area contributed by atoms with E-state index in [1.807, 2.05) is 43.3 Å². The number of ether oxygens (including phenoxy) is 2. The minimum atomic E-state index is -0.197. The van der Waals surface area contributed by atoms with Crippen LogP contribution in [-0.4, -0.2) is 35.4 Å². The molecule has 0 atom stereocenters. The number of hydrogen-bond donors (Lipinski definition) is 1. The summed E-state index contributed by atoms with van der Waals surface area (Å²) in [4.78, 5) is 29.4. The zero-order chi connectivity index (χ0) is 20.8. The van der Waals surface area contributed by atoms with E-state index in [9.17, 15) is 9.59 Å². The Bertz CT molecular complexity index is 1080. The summed E-state index contributed by atoms with van der Waals surface area (Å²) in [6.07, 6.45) is 0. The number of carbonyl (C=O) groups excluding carboxylic acids is 1. The highest BCUT2D eigenvalue weighted by Crippen LogP contribution is 2.30. The predicted molar refractivity (Wildman–Crippen MR) is 114 cm³/mol. The summed E-state index contributed by atoms with van der Waals surface area (Å²) >= 11 is 1.14. The maximum Gasteiger partial charge on any atom is 0.283 e. The Kier molecular flexibility index (Phi) is 6.77. The summed E-state index contributed by atoms with van der Waals surface area (Å²) in [5.41, 5.74) is 2.15. The molecule has 0 aliphatic carbocycles. The van der Waals surface area contributed by atoms with Gasteiger partial charge in [0.05, 0.1) is 31.0 Å². The first-order chi connectivity index (χ1) is 14.1. The van der Waals surface area contributed by atoms with Crippen molar-refractivity contribution in [2.24, 2.45) is 0 Å². The molecule has 0 unspecified atom stereocenters. The molecule has 29 heavy (non-hydrogen) atoms. The molecule has 2 aromatic carbocycles. The summed E-state index contributed by atoms with van der Waals surface area (Å²) < 4.78 is 12.3. The fourth-order valence-electron chi connectivity index (χ4n) is 3.05. The Hall–Kier alpha value is -3.00. The number of benzene rings is 2. The van der Waals surface area contributed by atoms with E-state index in [1.54, 1.807) is 24.9 Å². The average molecular weight is 413 g/mol. The van der Waals surface area contributed by atoms with Crippen LogP contribution in [0.2, 0.25) is 0 Å². The molecule has 1 N–H and O–H groups in total. The summed E-state index contributed by atoms with van der Waals surface area (Å²) in [6.45, 7) is 2.75. The summed E-state index contributed by atoms with van der Waals surface area (Å²) in [5.74, 6) is 1.09. The highest BCUT2D eigenvalue weighted by atomic mass is 32.2. The van der Waals surface area contributed by atoms with Crippen molar-refractivity contribution in [3.8, 4) is 11.5 Å². The van der Waals surface area contributed by atoms with Crippen LogP contribution in [-0.2, 0) is 17.9 Å². The Balaban J connectivity index is 1.69. The minimum Gasteiger partial charge on any atom is -0.493 e. The number of aromatic nitrogens is 2. The van der Waals surface area contributed by atoms with Crippen LogP contribution in [0.3, 0.4) is 0 Å². The minimum absolute atomic E-state index is 0.0938. The van der Waals surface area contributed by atoms with Crippen molar-refractivity contribution in [3.05, 3.63) is 58.4 Å². The van der Waals surface area contributed by atoms with Gasteiger partial charge in [0.2, 0.25) is 5.91 Å². The Labute approximate surface area is 173 Å². The van der Waals surface area contributed by atoms with Crippen molar-refractivity contribution in [2.45, 2.75) is 25.0 Å². The SMILES string of the molecule is CCn1c(=O)c(SCC(=O)NCc2cccc(OC)c2OC)nc2ccccc21. The Morgan fingerprint density at radius 3 is 2.66 bits per heavy atom. The number of nitrogens with one attached hydrogen (secondary N) is 1. The lowest BCUT2D eigenvalue weighted by molar-refractivity contribution is -0.118. The maximum absolute atomic E-state index is 12.7. The molecule has 152 valence electrons. The number of fused-ring (bicyclic) bond motifs is 1. The zero-order valence-electron chi connectivity index (χ0n) is 16.6. The van der Waals surface area contributed by atoms with E-state index in [0.29, 0.717) is 29.6 Å². The number of thioether (sulfide) groups is 1. The van der Waals surface area contributed by atoms with Gasteiger partial charge in [-0.1, -0.05) is 36.0 Å². The molecule has 0 fully saturated rings. The van der Waals surface area contributed by atoms with E-state index in [2.05, 4.69) is 10.3 Å². The van der Waals surface area contributed by atoms with Crippen LogP contribution in [0.5, 0.6) is 11.5 Å². The zero-order valence-corrected chi connectivity index (χ0v) is 17.4. The predicted octanol–water partition coefficient (Wildman–Crippen LogP) is 2.84. The Morgan fingerprint density at radius 2 is 1.93 bits per heavy atom. The van der Waals surface area contributed by atoms with Crippen LogP contribution in [0.4, 0.5) is 0 Å². The van der Waals surface area contributed by atoms with Gasteiger partial charge in [-0.05, 0) is 25.1 Å². The lowest BCUT2D eigenvalue weighted by Crippen LogP contribution is -2.27. The van der Waals surface area contributed by atoms with Gasteiger partial charge >= 0.3 is 0 Å². The number of para-hydroxylation sites is 3. The summed E-state index contributed by atoms with van der Waals surface area (Å²) in [7, 11) is 3.12. The smallest absolute Gasteiger partial charge is 0.283 e. The van der Waals surface area contributed by atoms with Crippen molar-refractivity contribution >= 4 is 28.7 Å². The van der Waals surface area contributed by atoms with Crippen molar-refractivity contribution in [1.29, 1.82) is 0 Å². The van der Waals surface area contributed by atoms with E-state index in [-0.39, 0.29) is 17.2 Å². The molecular weight excluding hydrogens is 390 g/mol. The molecule has 0 aliphatic rings. The first-order valence-electron chi connectivity index (χ1n) is 9.18.